The quantitative estimate of drug-likeness (QED) is 0.279. The van der Waals surface area contributed by atoms with Crippen LogP contribution in [-0.4, -0.2) is 16.3 Å². The normalized spacial score (nSPS) is 19.0. The Morgan fingerprint density at radius 1 is 1.42 bits per heavy atom. The van der Waals surface area contributed by atoms with Gasteiger partial charge in [0.1, 0.15) is 11.4 Å². The summed E-state index contributed by atoms with van der Waals surface area (Å²) in [6, 6.07) is 6.66. The second kappa shape index (κ2) is 7.27. The third-order valence-electron chi connectivity index (χ3n) is 3.60. The van der Waals surface area contributed by atoms with Gasteiger partial charge in [0.05, 0.1) is 16.2 Å². The van der Waals surface area contributed by atoms with Gasteiger partial charge in [-0.15, -0.1) is 12.6 Å². The van der Waals surface area contributed by atoms with E-state index in [9.17, 15) is 14.9 Å². The highest BCUT2D eigenvalue weighted by Gasteiger charge is 2.41. The number of ether oxygens (including phenoxy) is 1. The van der Waals surface area contributed by atoms with Crippen LogP contribution in [0.25, 0.3) is 0 Å². The second-order valence-corrected chi connectivity index (χ2v) is 6.59. The van der Waals surface area contributed by atoms with E-state index in [-0.39, 0.29) is 11.3 Å². The maximum Gasteiger partial charge on any atom is 0.338 e. The van der Waals surface area contributed by atoms with E-state index in [4.69, 9.17) is 16.3 Å². The lowest BCUT2D eigenvalue weighted by molar-refractivity contribution is -0.431. The van der Waals surface area contributed by atoms with E-state index in [1.165, 1.54) is 0 Å². The predicted octanol–water partition coefficient (Wildman–Crippen LogP) is 3.63. The zero-order valence-corrected chi connectivity index (χ0v) is 15.0. The maximum absolute atomic E-state index is 12.5. The van der Waals surface area contributed by atoms with E-state index in [2.05, 4.69) is 17.9 Å². The molecular formula is C16H17ClN2O4S. The zero-order valence-electron chi connectivity index (χ0n) is 13.4. The van der Waals surface area contributed by atoms with Gasteiger partial charge < -0.3 is 10.1 Å². The number of hydrogen-bond acceptors (Lipinski definition) is 6. The van der Waals surface area contributed by atoms with E-state index in [1.807, 2.05) is 0 Å². The molecule has 0 bridgehead atoms. The molecule has 2 atom stereocenters. The number of benzene rings is 1. The van der Waals surface area contributed by atoms with Crippen LogP contribution in [0.5, 0.6) is 0 Å². The maximum atomic E-state index is 12.5. The molecule has 1 aliphatic heterocycles. The molecule has 2 rings (SSSR count). The van der Waals surface area contributed by atoms with Crippen molar-refractivity contribution in [1.29, 1.82) is 0 Å². The summed E-state index contributed by atoms with van der Waals surface area (Å²) >= 11 is 10.1. The lowest BCUT2D eigenvalue weighted by Gasteiger charge is -2.27. The summed E-state index contributed by atoms with van der Waals surface area (Å²) < 4.78 is 5.15. The van der Waals surface area contributed by atoms with Crippen molar-refractivity contribution in [2.45, 2.75) is 32.1 Å². The molecule has 0 amide bonds. The zero-order chi connectivity index (χ0) is 18.0. The monoisotopic (exact) mass is 368 g/mol. The van der Waals surface area contributed by atoms with Gasteiger partial charge in [-0.2, -0.15) is 0 Å². The first-order chi connectivity index (χ1) is 11.2. The van der Waals surface area contributed by atoms with Crippen molar-refractivity contribution in [3.05, 3.63) is 67.6 Å². The van der Waals surface area contributed by atoms with Crippen molar-refractivity contribution in [3.63, 3.8) is 0 Å². The largest absolute Gasteiger partial charge is 0.448 e. The van der Waals surface area contributed by atoms with E-state index >= 15 is 0 Å². The Bertz CT molecular complexity index is 758. The van der Waals surface area contributed by atoms with Crippen LogP contribution < -0.4 is 5.32 Å². The minimum Gasteiger partial charge on any atom is -0.448 e. The van der Waals surface area contributed by atoms with Crippen molar-refractivity contribution in [1.82, 2.24) is 5.32 Å². The van der Waals surface area contributed by atoms with Crippen molar-refractivity contribution < 1.29 is 14.5 Å². The fourth-order valence-corrected chi connectivity index (χ4v) is 3.02. The molecule has 6 nitrogen and oxygen atoms in total. The van der Waals surface area contributed by atoms with Gasteiger partial charge in [0, 0.05) is 10.7 Å². The number of hydrogen-bond donors (Lipinski definition) is 2. The standard InChI is InChI=1S/C16H17ClN2O4S/c1-8-13(16(20)23-10(3)24)14(11-5-4-6-12(17)7-11)15(19(21)22)9(2)18-8/h4-7,10,14,18,24H,1-3H3. The smallest absolute Gasteiger partial charge is 0.338 e. The van der Waals surface area contributed by atoms with Crippen LogP contribution in [0.15, 0.2) is 46.9 Å². The van der Waals surface area contributed by atoms with Gasteiger partial charge in [0.2, 0.25) is 0 Å². The molecule has 1 heterocycles. The van der Waals surface area contributed by atoms with E-state index in [0.29, 0.717) is 22.0 Å². The van der Waals surface area contributed by atoms with Crippen LogP contribution in [0.2, 0.25) is 5.02 Å². The van der Waals surface area contributed by atoms with Crippen LogP contribution in [0, 0.1) is 10.1 Å². The molecule has 0 radical (unpaired) electrons. The summed E-state index contributed by atoms with van der Waals surface area (Å²) in [6.45, 7) is 4.87. The summed E-state index contributed by atoms with van der Waals surface area (Å²) in [7, 11) is 0. The summed E-state index contributed by atoms with van der Waals surface area (Å²) in [5.41, 5.74) is 0.856. The van der Waals surface area contributed by atoms with Gasteiger partial charge in [-0.05, 0) is 38.5 Å². The minimum absolute atomic E-state index is 0.110. The van der Waals surface area contributed by atoms with Gasteiger partial charge in [-0.3, -0.25) is 10.1 Å². The molecular weight excluding hydrogens is 352 g/mol. The molecule has 128 valence electrons. The van der Waals surface area contributed by atoms with Crippen molar-refractivity contribution in [2.24, 2.45) is 0 Å². The number of halogens is 1. The van der Waals surface area contributed by atoms with Crippen LogP contribution in [-0.2, 0) is 9.53 Å². The number of dihydropyridines is 1. The molecule has 8 heteroatoms. The summed E-state index contributed by atoms with van der Waals surface area (Å²) in [5, 5.41) is 14.9. The number of carbonyl (C=O) groups is 1. The molecule has 0 spiro atoms. The first kappa shape index (κ1) is 18.4. The fourth-order valence-electron chi connectivity index (χ4n) is 2.72. The Labute approximate surface area is 150 Å². The Kier molecular flexibility index (Phi) is 5.56. The van der Waals surface area contributed by atoms with E-state index in [0.717, 1.165) is 0 Å². The number of esters is 1. The Morgan fingerprint density at radius 3 is 2.62 bits per heavy atom. The van der Waals surface area contributed by atoms with Gasteiger partial charge in [-0.1, -0.05) is 23.7 Å². The van der Waals surface area contributed by atoms with Gasteiger partial charge >= 0.3 is 5.97 Å². The number of nitro groups is 1. The molecule has 2 unspecified atom stereocenters. The molecule has 0 saturated carbocycles. The molecule has 0 saturated heterocycles. The SMILES string of the molecule is CC1=C(C(=O)OC(C)S)C(c2cccc(Cl)c2)C([N+](=O)[O-])=C(C)N1. The highest BCUT2D eigenvalue weighted by Crippen LogP contribution is 2.39. The van der Waals surface area contributed by atoms with Crippen LogP contribution in [0.1, 0.15) is 32.3 Å². The third kappa shape index (κ3) is 3.73. The lowest BCUT2D eigenvalue weighted by Crippen LogP contribution is -2.32. The molecule has 0 aromatic heterocycles. The summed E-state index contributed by atoms with van der Waals surface area (Å²) in [5.74, 6) is -1.53. The molecule has 1 aromatic carbocycles. The Morgan fingerprint density at radius 2 is 2.08 bits per heavy atom. The molecule has 1 aliphatic rings. The van der Waals surface area contributed by atoms with Crippen LogP contribution in [0.4, 0.5) is 0 Å². The minimum atomic E-state index is -0.875. The Balaban J connectivity index is 2.64. The van der Waals surface area contributed by atoms with E-state index < -0.39 is 22.2 Å². The number of thiol groups is 1. The fraction of sp³-hybridized carbons (Fsp3) is 0.312. The number of rotatable bonds is 4. The van der Waals surface area contributed by atoms with Crippen molar-refractivity contribution in [2.75, 3.05) is 0 Å². The van der Waals surface area contributed by atoms with E-state index in [1.54, 1.807) is 45.0 Å². The van der Waals surface area contributed by atoms with Crippen LogP contribution >= 0.6 is 24.2 Å². The first-order valence-corrected chi connectivity index (χ1v) is 8.09. The number of nitrogens with one attached hydrogen (secondary N) is 1. The average Bonchev–Trinajstić information content (AvgIpc) is 2.44. The Hall–Kier alpha value is -1.99. The molecule has 1 N–H and O–H groups in total. The predicted molar refractivity (Wildman–Crippen MR) is 94.3 cm³/mol. The average molecular weight is 369 g/mol. The van der Waals surface area contributed by atoms with Gasteiger partial charge in [-0.25, -0.2) is 4.79 Å². The summed E-state index contributed by atoms with van der Waals surface area (Å²) in [4.78, 5) is 23.6. The lowest BCUT2D eigenvalue weighted by atomic mass is 9.84. The molecule has 0 fully saturated rings. The summed E-state index contributed by atoms with van der Waals surface area (Å²) in [6.07, 6.45) is 0. The molecule has 24 heavy (non-hydrogen) atoms. The van der Waals surface area contributed by atoms with Crippen LogP contribution in [0.3, 0.4) is 0 Å². The number of carbonyl (C=O) groups excluding carboxylic acids is 1. The highest BCUT2D eigenvalue weighted by atomic mass is 35.5. The molecule has 0 aliphatic carbocycles. The molecule has 1 aromatic rings. The second-order valence-electron chi connectivity index (χ2n) is 5.42. The van der Waals surface area contributed by atoms with Crippen molar-refractivity contribution >= 4 is 30.2 Å². The van der Waals surface area contributed by atoms with Gasteiger partial charge in [0.25, 0.3) is 5.70 Å². The number of allylic oxidation sites excluding steroid dienone is 3. The topological polar surface area (TPSA) is 81.5 Å². The van der Waals surface area contributed by atoms with Crippen molar-refractivity contribution in [3.8, 4) is 0 Å². The third-order valence-corrected chi connectivity index (χ3v) is 3.94. The van der Waals surface area contributed by atoms with Gasteiger partial charge in [0.15, 0.2) is 0 Å². The number of nitrogens with zero attached hydrogens (tertiary/aromatic N) is 1. The first-order valence-electron chi connectivity index (χ1n) is 7.19. The highest BCUT2D eigenvalue weighted by molar-refractivity contribution is 7.80.